The molecule has 4 heterocycles. The number of rotatable bonds is 3. The Balaban J connectivity index is 1.42. The lowest BCUT2D eigenvalue weighted by Crippen LogP contribution is -2.52. The molecule has 1 aromatic heterocycles. The third-order valence-corrected chi connectivity index (χ3v) is 5.76. The highest BCUT2D eigenvalue weighted by Gasteiger charge is 2.42. The van der Waals surface area contributed by atoms with Gasteiger partial charge in [-0.3, -0.25) is 9.69 Å². The van der Waals surface area contributed by atoms with Crippen molar-refractivity contribution < 1.29 is 14.3 Å². The van der Waals surface area contributed by atoms with Gasteiger partial charge in [0, 0.05) is 32.8 Å². The largest absolute Gasteiger partial charge is 0.377 e. The third-order valence-electron chi connectivity index (χ3n) is 4.90. The van der Waals surface area contributed by atoms with E-state index in [-0.39, 0.29) is 12.0 Å². The number of morpholine rings is 1. The molecule has 0 N–H and O–H groups in total. The average molecular weight is 322 g/mol. The molecule has 5 nitrogen and oxygen atoms in total. The summed E-state index contributed by atoms with van der Waals surface area (Å²) in [6.07, 6.45) is 2.85. The van der Waals surface area contributed by atoms with Crippen LogP contribution in [0.3, 0.4) is 0 Å². The molecule has 6 heteroatoms. The van der Waals surface area contributed by atoms with Gasteiger partial charge in [-0.15, -0.1) is 11.3 Å². The van der Waals surface area contributed by atoms with Crippen molar-refractivity contribution >= 4 is 17.2 Å². The van der Waals surface area contributed by atoms with E-state index in [4.69, 9.17) is 9.47 Å². The Labute approximate surface area is 134 Å². The van der Waals surface area contributed by atoms with Gasteiger partial charge in [0.15, 0.2) is 0 Å². The van der Waals surface area contributed by atoms with Crippen LogP contribution in [0.1, 0.15) is 22.5 Å². The lowest BCUT2D eigenvalue weighted by molar-refractivity contribution is -0.0614. The molecule has 3 saturated heterocycles. The monoisotopic (exact) mass is 322 g/mol. The number of ether oxygens (including phenoxy) is 2. The van der Waals surface area contributed by atoms with Crippen LogP contribution >= 0.6 is 11.3 Å². The van der Waals surface area contributed by atoms with E-state index in [2.05, 4.69) is 4.90 Å². The molecular formula is C16H22N2O3S. The van der Waals surface area contributed by atoms with Gasteiger partial charge < -0.3 is 14.4 Å². The molecule has 3 aliphatic rings. The van der Waals surface area contributed by atoms with Gasteiger partial charge in [-0.2, -0.15) is 0 Å². The molecule has 1 aromatic rings. The number of hydrogen-bond donors (Lipinski definition) is 0. The molecule has 0 saturated carbocycles. The highest BCUT2D eigenvalue weighted by Crippen LogP contribution is 2.26. The van der Waals surface area contributed by atoms with Gasteiger partial charge in [0.25, 0.3) is 5.91 Å². The van der Waals surface area contributed by atoms with E-state index >= 15 is 0 Å². The molecule has 0 spiro atoms. The number of fused-ring (bicyclic) bond motifs is 1. The molecule has 0 aromatic carbocycles. The van der Waals surface area contributed by atoms with E-state index in [9.17, 15) is 4.79 Å². The first kappa shape index (κ1) is 14.6. The molecule has 0 unspecified atom stereocenters. The Morgan fingerprint density at radius 2 is 2.27 bits per heavy atom. The van der Waals surface area contributed by atoms with Crippen molar-refractivity contribution in [2.75, 3.05) is 39.4 Å². The minimum Gasteiger partial charge on any atom is -0.377 e. The quantitative estimate of drug-likeness (QED) is 0.845. The Hall–Kier alpha value is -0.950. The van der Waals surface area contributed by atoms with Crippen LogP contribution in [0.2, 0.25) is 0 Å². The normalized spacial score (nSPS) is 32.4. The Kier molecular flexibility index (Phi) is 4.17. The third kappa shape index (κ3) is 2.80. The number of carbonyl (C=O) groups excluding carboxylic acids is 1. The summed E-state index contributed by atoms with van der Waals surface area (Å²) < 4.78 is 11.7. The molecule has 1 amide bonds. The van der Waals surface area contributed by atoms with Gasteiger partial charge >= 0.3 is 0 Å². The molecule has 0 aliphatic carbocycles. The number of amides is 1. The lowest BCUT2D eigenvalue weighted by Gasteiger charge is -2.37. The second-order valence-corrected chi connectivity index (χ2v) is 7.24. The minimum absolute atomic E-state index is 0.144. The number of likely N-dealkylation sites (tertiary alicyclic amines) is 1. The minimum atomic E-state index is 0.144. The number of nitrogens with zero attached hydrogens (tertiary/aromatic N) is 2. The zero-order valence-corrected chi connectivity index (χ0v) is 13.5. The van der Waals surface area contributed by atoms with Crippen molar-refractivity contribution in [1.29, 1.82) is 0 Å². The summed E-state index contributed by atoms with van der Waals surface area (Å²) in [6, 6.07) is 4.16. The van der Waals surface area contributed by atoms with E-state index in [0.29, 0.717) is 18.7 Å². The highest BCUT2D eigenvalue weighted by atomic mass is 32.1. The van der Waals surface area contributed by atoms with Crippen molar-refractivity contribution in [3.63, 3.8) is 0 Å². The van der Waals surface area contributed by atoms with Gasteiger partial charge in [-0.1, -0.05) is 6.07 Å². The summed E-state index contributed by atoms with van der Waals surface area (Å²) in [5.74, 6) is 0.144. The fraction of sp³-hybridized carbons (Fsp3) is 0.688. The van der Waals surface area contributed by atoms with Crippen LogP contribution in [0.4, 0.5) is 0 Å². The van der Waals surface area contributed by atoms with Gasteiger partial charge in [0.1, 0.15) is 0 Å². The Morgan fingerprint density at radius 3 is 3.05 bits per heavy atom. The first-order valence-corrected chi connectivity index (χ1v) is 8.99. The molecule has 4 rings (SSSR count). The molecule has 3 aliphatic heterocycles. The highest BCUT2D eigenvalue weighted by molar-refractivity contribution is 7.12. The number of carbonyl (C=O) groups is 1. The summed E-state index contributed by atoms with van der Waals surface area (Å²) in [4.78, 5) is 17.8. The Bertz CT molecular complexity index is 515. The number of thiophene rings is 1. The smallest absolute Gasteiger partial charge is 0.264 e. The SMILES string of the molecule is O=C(c1cccs1)N1C[C@@H]2OCCN(C[C@@H]3CCCO3)[C@@H]2C1. The van der Waals surface area contributed by atoms with Crippen LogP contribution in [0, 0.1) is 0 Å². The molecule has 22 heavy (non-hydrogen) atoms. The van der Waals surface area contributed by atoms with E-state index in [1.54, 1.807) is 0 Å². The van der Waals surface area contributed by atoms with Crippen LogP contribution in [0.25, 0.3) is 0 Å². The number of hydrogen-bond acceptors (Lipinski definition) is 5. The molecule has 0 radical (unpaired) electrons. The van der Waals surface area contributed by atoms with Crippen molar-refractivity contribution in [1.82, 2.24) is 9.80 Å². The summed E-state index contributed by atoms with van der Waals surface area (Å²) >= 11 is 1.51. The van der Waals surface area contributed by atoms with Crippen LogP contribution in [0.5, 0.6) is 0 Å². The first-order chi connectivity index (χ1) is 10.8. The lowest BCUT2D eigenvalue weighted by atomic mass is 10.1. The molecule has 3 atom stereocenters. The summed E-state index contributed by atoms with van der Waals surface area (Å²) in [6.45, 7) is 5.06. The average Bonchev–Trinajstić information content (AvgIpc) is 3.28. The van der Waals surface area contributed by atoms with Gasteiger partial charge in [-0.25, -0.2) is 0 Å². The predicted molar refractivity (Wildman–Crippen MR) is 84.3 cm³/mol. The standard InChI is InChI=1S/C16H22N2O3S/c19-16(15-4-2-8-22-15)18-10-13-14(11-18)21-7-5-17(13)9-12-3-1-6-20-12/h2,4,8,12-14H,1,3,5-7,9-11H2/t12-,13+,14-/m0/s1. The summed E-state index contributed by atoms with van der Waals surface area (Å²) in [5.41, 5.74) is 0. The first-order valence-electron chi connectivity index (χ1n) is 8.11. The van der Waals surface area contributed by atoms with E-state index in [0.717, 1.165) is 44.1 Å². The van der Waals surface area contributed by atoms with Crippen LogP contribution in [0.15, 0.2) is 17.5 Å². The maximum atomic E-state index is 12.5. The van der Waals surface area contributed by atoms with Crippen LogP contribution < -0.4 is 0 Å². The molecule has 120 valence electrons. The molecule has 3 fully saturated rings. The zero-order chi connectivity index (χ0) is 14.9. The second kappa shape index (κ2) is 6.28. The van der Waals surface area contributed by atoms with Crippen molar-refractivity contribution in [2.45, 2.75) is 31.1 Å². The van der Waals surface area contributed by atoms with Gasteiger partial charge in [0.2, 0.25) is 0 Å². The zero-order valence-electron chi connectivity index (χ0n) is 12.6. The van der Waals surface area contributed by atoms with Gasteiger partial charge in [-0.05, 0) is 24.3 Å². The maximum absolute atomic E-state index is 12.5. The fourth-order valence-electron chi connectivity index (χ4n) is 3.76. The predicted octanol–water partition coefficient (Wildman–Crippen LogP) is 1.45. The topological polar surface area (TPSA) is 42.0 Å². The van der Waals surface area contributed by atoms with Crippen molar-refractivity contribution in [3.8, 4) is 0 Å². The van der Waals surface area contributed by atoms with Crippen LogP contribution in [-0.2, 0) is 9.47 Å². The van der Waals surface area contributed by atoms with Crippen LogP contribution in [-0.4, -0.2) is 73.3 Å². The second-order valence-electron chi connectivity index (χ2n) is 6.29. The summed E-state index contributed by atoms with van der Waals surface area (Å²) in [7, 11) is 0. The van der Waals surface area contributed by atoms with Crippen molar-refractivity contribution in [3.05, 3.63) is 22.4 Å². The van der Waals surface area contributed by atoms with Gasteiger partial charge in [0.05, 0.1) is 29.7 Å². The maximum Gasteiger partial charge on any atom is 0.264 e. The Morgan fingerprint density at radius 1 is 1.32 bits per heavy atom. The van der Waals surface area contributed by atoms with E-state index in [1.807, 2.05) is 22.4 Å². The molecule has 0 bridgehead atoms. The van der Waals surface area contributed by atoms with E-state index < -0.39 is 0 Å². The van der Waals surface area contributed by atoms with E-state index in [1.165, 1.54) is 17.8 Å². The summed E-state index contributed by atoms with van der Waals surface area (Å²) in [5, 5.41) is 1.95. The van der Waals surface area contributed by atoms with Crippen molar-refractivity contribution in [2.24, 2.45) is 0 Å². The fourth-order valence-corrected chi connectivity index (χ4v) is 4.45. The molecular weight excluding hydrogens is 300 g/mol.